The highest BCUT2D eigenvalue weighted by atomic mass is 16.5. The summed E-state index contributed by atoms with van der Waals surface area (Å²) in [6.07, 6.45) is -3.99. The Kier molecular flexibility index (Phi) is 6.65. The van der Waals surface area contributed by atoms with E-state index in [1.54, 1.807) is 25.1 Å². The first-order valence-corrected chi connectivity index (χ1v) is 14.1. The van der Waals surface area contributed by atoms with Crippen molar-refractivity contribution in [3.8, 4) is 11.6 Å². The summed E-state index contributed by atoms with van der Waals surface area (Å²) in [7, 11) is 1.51. The van der Waals surface area contributed by atoms with Gasteiger partial charge in [-0.3, -0.25) is 9.59 Å². The van der Waals surface area contributed by atoms with Crippen LogP contribution >= 0.6 is 0 Å². The van der Waals surface area contributed by atoms with E-state index in [0.29, 0.717) is 42.3 Å². The molecule has 1 amide bonds. The van der Waals surface area contributed by atoms with Gasteiger partial charge in [0.05, 0.1) is 43.1 Å². The Labute approximate surface area is 241 Å². The van der Waals surface area contributed by atoms with Crippen LogP contribution < -0.4 is 9.47 Å². The molecule has 2 aliphatic heterocycles. The van der Waals surface area contributed by atoms with Gasteiger partial charge in [-0.25, -0.2) is 9.97 Å². The van der Waals surface area contributed by atoms with Gasteiger partial charge in [0.2, 0.25) is 11.8 Å². The third-order valence-corrected chi connectivity index (χ3v) is 8.32. The molecule has 216 valence electrons. The number of fused-ring (bicyclic) bond motifs is 5. The predicted molar refractivity (Wildman–Crippen MR) is 149 cm³/mol. The normalized spacial score (nSPS) is 33.9. The Balaban J connectivity index is 1.60. The van der Waals surface area contributed by atoms with E-state index >= 15 is 0 Å². The summed E-state index contributed by atoms with van der Waals surface area (Å²) in [6, 6.07) is 4.06. The quantitative estimate of drug-likeness (QED) is 0.393. The molecule has 9 heteroatoms. The van der Waals surface area contributed by atoms with E-state index in [-0.39, 0.29) is 48.9 Å². The van der Waals surface area contributed by atoms with Gasteiger partial charge in [-0.15, -0.1) is 0 Å². The zero-order chi connectivity index (χ0) is 32.2. The number of benzene rings is 1. The smallest absolute Gasteiger partial charge is 0.306 e. The second kappa shape index (κ2) is 11.3. The maximum absolute atomic E-state index is 14.0. The topological polar surface area (TPSA) is 108 Å². The van der Waals surface area contributed by atoms with Gasteiger partial charge in [0.15, 0.2) is 0 Å². The summed E-state index contributed by atoms with van der Waals surface area (Å²) in [5, 5.41) is 0. The van der Waals surface area contributed by atoms with E-state index in [4.69, 9.17) is 19.7 Å². The molecular formula is C31H41N3O6. The maximum atomic E-state index is 14.0. The molecular weight excluding hydrogens is 510 g/mol. The van der Waals surface area contributed by atoms with Gasteiger partial charge in [-0.2, -0.15) is 0 Å². The first-order chi connectivity index (χ1) is 20.6. The number of esters is 1. The fourth-order valence-electron chi connectivity index (χ4n) is 5.63. The monoisotopic (exact) mass is 555 g/mol. The van der Waals surface area contributed by atoms with E-state index in [1.807, 2.05) is 20.8 Å². The van der Waals surface area contributed by atoms with Crippen molar-refractivity contribution in [2.24, 2.45) is 23.2 Å². The number of nitrogens with zero attached hydrogens (tertiary/aromatic N) is 3. The van der Waals surface area contributed by atoms with Crippen LogP contribution in [0.15, 0.2) is 18.2 Å². The number of aldehydes is 1. The van der Waals surface area contributed by atoms with Crippen molar-refractivity contribution in [2.45, 2.75) is 90.8 Å². The molecule has 1 aliphatic carbocycles. The lowest BCUT2D eigenvalue weighted by molar-refractivity contribution is -0.153. The fourth-order valence-corrected chi connectivity index (χ4v) is 5.63. The molecule has 6 atom stereocenters. The zero-order valence-corrected chi connectivity index (χ0v) is 23.8. The van der Waals surface area contributed by atoms with Crippen molar-refractivity contribution in [3.63, 3.8) is 0 Å². The van der Waals surface area contributed by atoms with Crippen LogP contribution in [0.5, 0.6) is 11.6 Å². The van der Waals surface area contributed by atoms with Crippen molar-refractivity contribution >= 4 is 29.2 Å². The Morgan fingerprint density at radius 3 is 2.65 bits per heavy atom. The Hall–Kier alpha value is -3.23. The highest BCUT2D eigenvalue weighted by Crippen LogP contribution is 2.40. The Morgan fingerprint density at radius 2 is 1.93 bits per heavy atom. The molecule has 1 saturated heterocycles. The lowest BCUT2D eigenvalue weighted by Crippen LogP contribution is -2.46. The third kappa shape index (κ3) is 5.93. The molecule has 0 unspecified atom stereocenters. The van der Waals surface area contributed by atoms with Crippen molar-refractivity contribution in [2.75, 3.05) is 13.7 Å². The first kappa shape index (κ1) is 23.5. The molecule has 2 aromatic rings. The number of aryl methyl sites for hydroxylation is 1. The largest absolute Gasteiger partial charge is 0.497 e. The minimum Gasteiger partial charge on any atom is -0.497 e. The van der Waals surface area contributed by atoms with E-state index < -0.39 is 48.1 Å². The number of hydrogen-bond acceptors (Lipinski definition) is 8. The molecule has 0 spiro atoms. The SMILES string of the molecule is [2H]C1([2H])CCC[C@@H]2C[C@H]2OC(=O)C[C@@H](C(C)(C)C)C(=O)N2C[C@H](Oc3nc4cc(OC)ccc4nc3C1([2H])[2H])[C@@H](C)[C@H]2C=O. The summed E-state index contributed by atoms with van der Waals surface area (Å²) in [5.41, 5.74) is -0.190. The van der Waals surface area contributed by atoms with Crippen LogP contribution in [0.25, 0.3) is 11.0 Å². The number of aromatic nitrogens is 2. The van der Waals surface area contributed by atoms with Crippen molar-refractivity contribution < 1.29 is 34.1 Å². The zero-order valence-electron chi connectivity index (χ0n) is 27.8. The number of ether oxygens (including phenoxy) is 3. The van der Waals surface area contributed by atoms with Gasteiger partial charge in [-0.05, 0) is 49.1 Å². The summed E-state index contributed by atoms with van der Waals surface area (Å²) in [4.78, 5) is 50.0. The average molecular weight is 556 g/mol. The summed E-state index contributed by atoms with van der Waals surface area (Å²) < 4.78 is 52.9. The molecule has 3 heterocycles. The molecule has 2 bridgehead atoms. The van der Waals surface area contributed by atoms with Crippen LogP contribution in [-0.4, -0.2) is 64.9 Å². The minimum atomic E-state index is -2.61. The van der Waals surface area contributed by atoms with Crippen LogP contribution in [0.3, 0.4) is 0 Å². The van der Waals surface area contributed by atoms with Gasteiger partial charge in [0.25, 0.3) is 0 Å². The molecule has 2 fully saturated rings. The first-order valence-electron chi connectivity index (χ1n) is 16.1. The highest BCUT2D eigenvalue weighted by molar-refractivity contribution is 5.87. The standard InChI is InChI=1S/C31H41N3O6/c1-18-25(17-35)34-16-27(18)40-29-23(32-22-12-11-20(38-5)14-24(22)33-29)10-8-6-7-9-19-13-26(19)39-28(36)15-21(30(34)37)31(2,3)4/h11-12,14,17-19,21,25-27H,6-10,13,15-16H2,1-5H3/t18-,19+,21+,25+,26+,27-/m0/s1/i8D2,10D2. The third-order valence-electron chi connectivity index (χ3n) is 8.32. The van der Waals surface area contributed by atoms with E-state index in [9.17, 15) is 14.4 Å². The second-order valence-corrected chi connectivity index (χ2v) is 12.2. The van der Waals surface area contributed by atoms with Crippen LogP contribution in [0.2, 0.25) is 0 Å². The summed E-state index contributed by atoms with van der Waals surface area (Å²) >= 11 is 0. The number of hydrogen-bond donors (Lipinski definition) is 0. The molecule has 0 N–H and O–H groups in total. The fraction of sp³-hybridized carbons (Fsp3) is 0.645. The van der Waals surface area contributed by atoms with Crippen molar-refractivity contribution in [1.29, 1.82) is 0 Å². The van der Waals surface area contributed by atoms with E-state index in [0.717, 1.165) is 0 Å². The van der Waals surface area contributed by atoms with Gasteiger partial charge in [0.1, 0.15) is 29.9 Å². The van der Waals surface area contributed by atoms with Gasteiger partial charge < -0.3 is 23.9 Å². The molecule has 1 aromatic heterocycles. The maximum Gasteiger partial charge on any atom is 0.306 e. The van der Waals surface area contributed by atoms with E-state index in [2.05, 4.69) is 9.97 Å². The van der Waals surface area contributed by atoms with Gasteiger partial charge >= 0.3 is 5.97 Å². The Bertz CT molecular complexity index is 1450. The summed E-state index contributed by atoms with van der Waals surface area (Å²) in [5.74, 6) is -1.75. The van der Waals surface area contributed by atoms with Gasteiger partial charge in [0, 0.05) is 17.5 Å². The molecule has 1 aromatic carbocycles. The van der Waals surface area contributed by atoms with Gasteiger partial charge in [-0.1, -0.05) is 40.5 Å². The van der Waals surface area contributed by atoms with Crippen LogP contribution in [0.1, 0.15) is 77.3 Å². The molecule has 0 radical (unpaired) electrons. The molecule has 1 saturated carbocycles. The van der Waals surface area contributed by atoms with Crippen molar-refractivity contribution in [3.05, 3.63) is 23.9 Å². The van der Waals surface area contributed by atoms with Crippen molar-refractivity contribution in [1.82, 2.24) is 14.9 Å². The van der Waals surface area contributed by atoms with Crippen LogP contribution in [0.4, 0.5) is 0 Å². The number of rotatable bonds is 2. The minimum absolute atomic E-state index is 0.0110. The number of amides is 1. The molecule has 3 aliphatic rings. The number of carbonyl (C=O) groups excluding carboxylic acids is 3. The van der Waals surface area contributed by atoms with Crippen LogP contribution in [-0.2, 0) is 25.5 Å². The lowest BCUT2D eigenvalue weighted by atomic mass is 9.77. The predicted octanol–water partition coefficient (Wildman–Crippen LogP) is 4.53. The highest BCUT2D eigenvalue weighted by Gasteiger charge is 2.48. The average Bonchev–Trinajstić information content (AvgIpc) is 3.60. The molecule has 9 nitrogen and oxygen atoms in total. The molecule has 40 heavy (non-hydrogen) atoms. The lowest BCUT2D eigenvalue weighted by Gasteiger charge is -2.34. The van der Waals surface area contributed by atoms with E-state index in [1.165, 1.54) is 12.0 Å². The second-order valence-electron chi connectivity index (χ2n) is 12.2. The Morgan fingerprint density at radius 1 is 1.12 bits per heavy atom. The van der Waals surface area contributed by atoms with Crippen LogP contribution in [0, 0.1) is 23.2 Å². The summed E-state index contributed by atoms with van der Waals surface area (Å²) in [6.45, 7) is 7.37. The molecule has 5 rings (SSSR count). The number of carbonyl (C=O) groups is 3. The number of methoxy groups -OCH3 is 1.